The van der Waals surface area contributed by atoms with Gasteiger partial charge < -0.3 is 10.6 Å². The summed E-state index contributed by atoms with van der Waals surface area (Å²) >= 11 is 11.9. The van der Waals surface area contributed by atoms with Crippen LogP contribution in [0.1, 0.15) is 11.1 Å². The molecule has 0 fully saturated rings. The van der Waals surface area contributed by atoms with E-state index in [0.717, 1.165) is 41.8 Å². The van der Waals surface area contributed by atoms with Crippen molar-refractivity contribution >= 4 is 35.0 Å². The Bertz CT molecular complexity index is 837. The first-order valence-electron chi connectivity index (χ1n) is 8.49. The molecular weight excluding hydrogens is 367 g/mol. The monoisotopic (exact) mass is 386 g/mol. The van der Waals surface area contributed by atoms with E-state index in [4.69, 9.17) is 23.2 Å². The highest BCUT2D eigenvalue weighted by atomic mass is 35.5. The molecule has 0 saturated carbocycles. The Kier molecular flexibility index (Phi) is 6.69. The Balaban J connectivity index is 1.46. The van der Waals surface area contributed by atoms with Gasteiger partial charge in [-0.3, -0.25) is 0 Å². The van der Waals surface area contributed by atoms with Crippen molar-refractivity contribution in [3.05, 3.63) is 82.0 Å². The van der Waals surface area contributed by atoms with Gasteiger partial charge in [0.25, 0.3) is 0 Å². The first kappa shape index (κ1) is 18.5. The highest BCUT2D eigenvalue weighted by Crippen LogP contribution is 2.12. The molecule has 4 nitrogen and oxygen atoms in total. The molecule has 0 unspecified atom stereocenters. The maximum absolute atomic E-state index is 6.00. The minimum Gasteiger partial charge on any atom is -0.370 e. The van der Waals surface area contributed by atoms with Gasteiger partial charge in [-0.2, -0.15) is 4.98 Å². The average molecular weight is 387 g/mol. The van der Waals surface area contributed by atoms with E-state index in [-0.39, 0.29) is 0 Å². The lowest BCUT2D eigenvalue weighted by molar-refractivity contribution is 0.970. The standard InChI is InChI=1S/C20H20Cl2N4/c21-17-6-4-15(5-7-17)8-11-23-19-10-13-25-20(26-19)24-12-9-16-2-1-3-18(22)14-16/h1-7,10,13-14H,8-9,11-12H2,(H2,23,24,25,26). The average Bonchev–Trinajstić information content (AvgIpc) is 2.64. The van der Waals surface area contributed by atoms with Crippen LogP contribution in [0.4, 0.5) is 11.8 Å². The molecule has 0 aliphatic rings. The highest BCUT2D eigenvalue weighted by molar-refractivity contribution is 6.30. The van der Waals surface area contributed by atoms with E-state index in [1.54, 1.807) is 6.20 Å². The van der Waals surface area contributed by atoms with Crippen LogP contribution in [0, 0.1) is 0 Å². The third-order valence-corrected chi connectivity index (χ3v) is 4.36. The van der Waals surface area contributed by atoms with Gasteiger partial charge in [-0.15, -0.1) is 0 Å². The molecule has 0 bridgehead atoms. The lowest BCUT2D eigenvalue weighted by Gasteiger charge is -2.09. The minimum atomic E-state index is 0.614. The molecule has 26 heavy (non-hydrogen) atoms. The van der Waals surface area contributed by atoms with Crippen LogP contribution in [0.15, 0.2) is 60.8 Å². The maximum Gasteiger partial charge on any atom is 0.224 e. The molecule has 6 heteroatoms. The molecule has 2 N–H and O–H groups in total. The fourth-order valence-corrected chi connectivity index (χ4v) is 2.88. The number of anilines is 2. The predicted octanol–water partition coefficient (Wildman–Crippen LogP) is 5.09. The van der Waals surface area contributed by atoms with Crippen LogP contribution in [0.3, 0.4) is 0 Å². The second-order valence-corrected chi connectivity index (χ2v) is 6.75. The fourth-order valence-electron chi connectivity index (χ4n) is 2.54. The summed E-state index contributed by atoms with van der Waals surface area (Å²) in [6, 6.07) is 17.6. The summed E-state index contributed by atoms with van der Waals surface area (Å²) in [5.74, 6) is 1.42. The maximum atomic E-state index is 6.00. The molecule has 1 aromatic heterocycles. The third kappa shape index (κ3) is 5.90. The van der Waals surface area contributed by atoms with E-state index in [0.29, 0.717) is 5.95 Å². The van der Waals surface area contributed by atoms with E-state index < -0.39 is 0 Å². The molecule has 0 spiro atoms. The molecule has 2 aromatic carbocycles. The minimum absolute atomic E-state index is 0.614. The molecule has 0 aliphatic carbocycles. The number of aromatic nitrogens is 2. The van der Waals surface area contributed by atoms with E-state index in [1.165, 1.54) is 11.1 Å². The van der Waals surface area contributed by atoms with Gasteiger partial charge in [-0.1, -0.05) is 47.5 Å². The molecule has 1 heterocycles. The van der Waals surface area contributed by atoms with Crippen LogP contribution in [0.5, 0.6) is 0 Å². The zero-order valence-electron chi connectivity index (χ0n) is 14.3. The van der Waals surface area contributed by atoms with E-state index in [1.807, 2.05) is 48.5 Å². The Morgan fingerprint density at radius 2 is 1.54 bits per heavy atom. The van der Waals surface area contributed by atoms with Crippen LogP contribution in [0.2, 0.25) is 10.0 Å². The number of benzene rings is 2. The highest BCUT2D eigenvalue weighted by Gasteiger charge is 2.00. The topological polar surface area (TPSA) is 49.8 Å². The Morgan fingerprint density at radius 3 is 2.35 bits per heavy atom. The quantitative estimate of drug-likeness (QED) is 0.565. The van der Waals surface area contributed by atoms with Crippen LogP contribution < -0.4 is 10.6 Å². The van der Waals surface area contributed by atoms with E-state index in [9.17, 15) is 0 Å². The summed E-state index contributed by atoms with van der Waals surface area (Å²) < 4.78 is 0. The summed E-state index contributed by atoms with van der Waals surface area (Å²) in [4.78, 5) is 8.75. The normalized spacial score (nSPS) is 10.5. The second kappa shape index (κ2) is 9.41. The van der Waals surface area contributed by atoms with Crippen molar-refractivity contribution < 1.29 is 0 Å². The van der Waals surface area contributed by atoms with Gasteiger partial charge in [0.2, 0.25) is 5.95 Å². The van der Waals surface area contributed by atoms with Crippen molar-refractivity contribution in [1.29, 1.82) is 0 Å². The zero-order valence-corrected chi connectivity index (χ0v) is 15.8. The molecule has 0 atom stereocenters. The van der Waals surface area contributed by atoms with Gasteiger partial charge in [0.1, 0.15) is 5.82 Å². The Labute approximate surface area is 163 Å². The molecule has 0 aliphatic heterocycles. The Hall–Kier alpha value is -2.30. The first-order chi connectivity index (χ1) is 12.7. The van der Waals surface area contributed by atoms with Crippen molar-refractivity contribution in [3.63, 3.8) is 0 Å². The SMILES string of the molecule is Clc1ccc(CCNc2ccnc(NCCc3cccc(Cl)c3)n2)cc1. The van der Waals surface area contributed by atoms with Gasteiger partial charge in [0, 0.05) is 29.3 Å². The summed E-state index contributed by atoms with van der Waals surface area (Å²) in [7, 11) is 0. The van der Waals surface area contributed by atoms with Crippen molar-refractivity contribution in [1.82, 2.24) is 9.97 Å². The lowest BCUT2D eigenvalue weighted by atomic mass is 10.1. The number of halogens is 2. The third-order valence-electron chi connectivity index (χ3n) is 3.87. The molecule has 0 saturated heterocycles. The zero-order chi connectivity index (χ0) is 18.2. The summed E-state index contributed by atoms with van der Waals surface area (Å²) in [6.07, 6.45) is 3.51. The molecule has 3 aromatic rings. The number of hydrogen-bond acceptors (Lipinski definition) is 4. The second-order valence-electron chi connectivity index (χ2n) is 5.88. The summed E-state index contributed by atoms with van der Waals surface area (Å²) in [5, 5.41) is 8.08. The molecule has 0 radical (unpaired) electrons. The number of nitrogens with one attached hydrogen (secondary N) is 2. The molecule has 3 rings (SSSR count). The molecular formula is C20H20Cl2N4. The predicted molar refractivity (Wildman–Crippen MR) is 109 cm³/mol. The van der Waals surface area contributed by atoms with Crippen LogP contribution in [-0.2, 0) is 12.8 Å². The molecule has 0 amide bonds. The van der Waals surface area contributed by atoms with Gasteiger partial charge >= 0.3 is 0 Å². The van der Waals surface area contributed by atoms with E-state index in [2.05, 4.69) is 26.7 Å². The van der Waals surface area contributed by atoms with Gasteiger partial charge in [0.15, 0.2) is 0 Å². The summed E-state index contributed by atoms with van der Waals surface area (Å²) in [6.45, 7) is 1.54. The van der Waals surface area contributed by atoms with E-state index >= 15 is 0 Å². The van der Waals surface area contributed by atoms with Crippen molar-refractivity contribution in [2.24, 2.45) is 0 Å². The first-order valence-corrected chi connectivity index (χ1v) is 9.24. The molecule has 134 valence electrons. The smallest absolute Gasteiger partial charge is 0.224 e. The lowest BCUT2D eigenvalue weighted by Crippen LogP contribution is -2.11. The van der Waals surface area contributed by atoms with Crippen molar-refractivity contribution in [2.75, 3.05) is 23.7 Å². The number of hydrogen-bond donors (Lipinski definition) is 2. The van der Waals surface area contributed by atoms with Crippen LogP contribution in [-0.4, -0.2) is 23.1 Å². The largest absolute Gasteiger partial charge is 0.370 e. The van der Waals surface area contributed by atoms with Gasteiger partial charge in [-0.05, 0) is 54.3 Å². The van der Waals surface area contributed by atoms with Crippen LogP contribution in [0.25, 0.3) is 0 Å². The van der Waals surface area contributed by atoms with Crippen LogP contribution >= 0.6 is 23.2 Å². The van der Waals surface area contributed by atoms with Gasteiger partial charge in [0.05, 0.1) is 0 Å². The fraction of sp³-hybridized carbons (Fsp3) is 0.200. The van der Waals surface area contributed by atoms with Crippen molar-refractivity contribution in [2.45, 2.75) is 12.8 Å². The Morgan fingerprint density at radius 1 is 0.769 bits per heavy atom. The summed E-state index contributed by atoms with van der Waals surface area (Å²) in [5.41, 5.74) is 2.41. The van der Waals surface area contributed by atoms with Crippen molar-refractivity contribution in [3.8, 4) is 0 Å². The number of nitrogens with zero attached hydrogens (tertiary/aromatic N) is 2. The number of rotatable bonds is 8. The van der Waals surface area contributed by atoms with Gasteiger partial charge in [-0.25, -0.2) is 4.98 Å².